The van der Waals surface area contributed by atoms with E-state index in [2.05, 4.69) is 49.1 Å². The van der Waals surface area contributed by atoms with Gasteiger partial charge in [0.2, 0.25) is 0 Å². The van der Waals surface area contributed by atoms with Crippen molar-refractivity contribution in [2.75, 3.05) is 13.1 Å². The van der Waals surface area contributed by atoms with Gasteiger partial charge in [-0.25, -0.2) is 0 Å². The minimum Gasteiger partial charge on any atom is -0.329 e. The van der Waals surface area contributed by atoms with E-state index in [9.17, 15) is 0 Å². The van der Waals surface area contributed by atoms with E-state index in [1.165, 1.54) is 31.4 Å². The molecule has 0 spiro atoms. The van der Waals surface area contributed by atoms with Crippen LogP contribution in [-0.4, -0.2) is 30.1 Å². The summed E-state index contributed by atoms with van der Waals surface area (Å²) in [7, 11) is 0. The molecule has 0 aromatic heterocycles. The number of piperidine rings is 1. The smallest absolute Gasteiger partial charge is 0.0224 e. The Labute approximate surface area is 118 Å². The van der Waals surface area contributed by atoms with E-state index in [1.807, 2.05) is 0 Å². The number of hydrogen-bond donors (Lipinski definition) is 1. The van der Waals surface area contributed by atoms with Crippen molar-refractivity contribution < 1.29 is 0 Å². The second-order valence-corrected chi connectivity index (χ2v) is 6.01. The largest absolute Gasteiger partial charge is 0.329 e. The molecule has 1 aromatic carbocycles. The lowest BCUT2D eigenvalue weighted by Gasteiger charge is -2.42. The van der Waals surface area contributed by atoms with Crippen molar-refractivity contribution in [1.29, 1.82) is 0 Å². The molecule has 0 aliphatic carbocycles. The van der Waals surface area contributed by atoms with E-state index >= 15 is 0 Å². The Morgan fingerprint density at radius 1 is 1.26 bits per heavy atom. The molecule has 19 heavy (non-hydrogen) atoms. The van der Waals surface area contributed by atoms with Gasteiger partial charge in [0.1, 0.15) is 0 Å². The van der Waals surface area contributed by atoms with Gasteiger partial charge >= 0.3 is 0 Å². The van der Waals surface area contributed by atoms with Crippen LogP contribution in [0.15, 0.2) is 30.3 Å². The number of rotatable bonds is 5. The lowest BCUT2D eigenvalue weighted by atomic mass is 9.89. The predicted octanol–water partition coefficient (Wildman–Crippen LogP) is 3.07. The van der Waals surface area contributed by atoms with Gasteiger partial charge in [-0.1, -0.05) is 37.3 Å². The van der Waals surface area contributed by atoms with Gasteiger partial charge in [-0.05, 0) is 50.6 Å². The molecule has 1 aliphatic heterocycles. The standard InChI is InChI=1S/C17H28N2/c1-14-7-6-12-19(15(14)2)17(13-18)11-10-16-8-4-3-5-9-16/h3-5,8-9,14-15,17H,6-7,10-13,18H2,1-2H3. The summed E-state index contributed by atoms with van der Waals surface area (Å²) in [6.45, 7) is 6.75. The summed E-state index contributed by atoms with van der Waals surface area (Å²) >= 11 is 0. The van der Waals surface area contributed by atoms with Gasteiger partial charge in [-0.15, -0.1) is 0 Å². The van der Waals surface area contributed by atoms with E-state index in [4.69, 9.17) is 5.73 Å². The van der Waals surface area contributed by atoms with Crippen molar-refractivity contribution in [2.45, 2.75) is 51.6 Å². The molecular formula is C17H28N2. The molecule has 0 amide bonds. The number of benzene rings is 1. The third-order valence-electron chi connectivity index (χ3n) is 4.77. The van der Waals surface area contributed by atoms with Crippen LogP contribution in [0.25, 0.3) is 0 Å². The van der Waals surface area contributed by atoms with Crippen LogP contribution in [0.2, 0.25) is 0 Å². The summed E-state index contributed by atoms with van der Waals surface area (Å²) < 4.78 is 0. The van der Waals surface area contributed by atoms with Gasteiger partial charge in [-0.2, -0.15) is 0 Å². The fourth-order valence-corrected chi connectivity index (χ4v) is 3.28. The maximum absolute atomic E-state index is 6.03. The van der Waals surface area contributed by atoms with Crippen LogP contribution < -0.4 is 5.73 Å². The highest BCUT2D eigenvalue weighted by Crippen LogP contribution is 2.26. The summed E-state index contributed by atoms with van der Waals surface area (Å²) in [6.07, 6.45) is 5.01. The zero-order valence-corrected chi connectivity index (χ0v) is 12.4. The molecule has 0 radical (unpaired) electrons. The van der Waals surface area contributed by atoms with Crippen LogP contribution >= 0.6 is 0 Å². The maximum atomic E-state index is 6.03. The zero-order chi connectivity index (χ0) is 13.7. The quantitative estimate of drug-likeness (QED) is 0.881. The predicted molar refractivity (Wildman–Crippen MR) is 82.2 cm³/mol. The van der Waals surface area contributed by atoms with Crippen LogP contribution in [-0.2, 0) is 6.42 Å². The fourth-order valence-electron chi connectivity index (χ4n) is 3.28. The molecule has 0 saturated carbocycles. The van der Waals surface area contributed by atoms with Crippen LogP contribution in [0.5, 0.6) is 0 Å². The SMILES string of the molecule is CC1CCCN(C(CN)CCc2ccccc2)C1C. The van der Waals surface area contributed by atoms with Crippen molar-refractivity contribution >= 4 is 0 Å². The van der Waals surface area contributed by atoms with Gasteiger partial charge in [0.15, 0.2) is 0 Å². The molecule has 1 aliphatic rings. The summed E-state index contributed by atoms with van der Waals surface area (Å²) in [4.78, 5) is 2.65. The molecule has 0 bridgehead atoms. The van der Waals surface area contributed by atoms with Crippen molar-refractivity contribution in [2.24, 2.45) is 11.7 Å². The summed E-state index contributed by atoms with van der Waals surface area (Å²) in [5.74, 6) is 0.805. The van der Waals surface area contributed by atoms with Crippen molar-refractivity contribution in [1.82, 2.24) is 4.90 Å². The van der Waals surface area contributed by atoms with Gasteiger partial charge in [0.25, 0.3) is 0 Å². The lowest BCUT2D eigenvalue weighted by Crippen LogP contribution is -2.51. The number of aryl methyl sites for hydroxylation is 1. The molecule has 1 heterocycles. The molecule has 2 heteroatoms. The van der Waals surface area contributed by atoms with Gasteiger partial charge in [-0.3, -0.25) is 4.90 Å². The molecule has 1 saturated heterocycles. The van der Waals surface area contributed by atoms with E-state index < -0.39 is 0 Å². The van der Waals surface area contributed by atoms with Gasteiger partial charge in [0, 0.05) is 18.6 Å². The minimum absolute atomic E-state index is 0.540. The first-order valence-corrected chi connectivity index (χ1v) is 7.72. The molecule has 2 N–H and O–H groups in total. The van der Waals surface area contributed by atoms with Crippen LogP contribution in [0.4, 0.5) is 0 Å². The molecule has 2 nitrogen and oxygen atoms in total. The average molecular weight is 260 g/mol. The third-order valence-corrected chi connectivity index (χ3v) is 4.77. The molecule has 3 atom stereocenters. The number of nitrogens with two attached hydrogens (primary N) is 1. The number of likely N-dealkylation sites (tertiary alicyclic amines) is 1. The number of nitrogens with zero attached hydrogens (tertiary/aromatic N) is 1. The normalized spacial score (nSPS) is 26.3. The van der Waals surface area contributed by atoms with E-state index in [1.54, 1.807) is 0 Å². The third kappa shape index (κ3) is 3.80. The van der Waals surface area contributed by atoms with Crippen molar-refractivity contribution in [3.63, 3.8) is 0 Å². The second kappa shape index (κ2) is 7.06. The summed E-state index contributed by atoms with van der Waals surface area (Å²) in [5, 5.41) is 0. The zero-order valence-electron chi connectivity index (χ0n) is 12.4. The number of hydrogen-bond acceptors (Lipinski definition) is 2. The second-order valence-electron chi connectivity index (χ2n) is 6.01. The maximum Gasteiger partial charge on any atom is 0.0224 e. The molecule has 106 valence electrons. The van der Waals surface area contributed by atoms with Crippen molar-refractivity contribution in [3.05, 3.63) is 35.9 Å². The molecule has 2 rings (SSSR count). The Bertz CT molecular complexity index is 363. The molecule has 1 aromatic rings. The summed E-state index contributed by atoms with van der Waals surface area (Å²) in [5.41, 5.74) is 7.46. The Hall–Kier alpha value is -0.860. The first-order chi connectivity index (χ1) is 9.22. The highest BCUT2D eigenvalue weighted by Gasteiger charge is 2.29. The van der Waals surface area contributed by atoms with E-state index in [0.717, 1.165) is 18.9 Å². The first-order valence-electron chi connectivity index (χ1n) is 7.72. The van der Waals surface area contributed by atoms with Crippen molar-refractivity contribution in [3.8, 4) is 0 Å². The fraction of sp³-hybridized carbons (Fsp3) is 0.647. The van der Waals surface area contributed by atoms with E-state index in [0.29, 0.717) is 12.1 Å². The topological polar surface area (TPSA) is 29.3 Å². The lowest BCUT2D eigenvalue weighted by molar-refractivity contribution is 0.0675. The molecular weight excluding hydrogens is 232 g/mol. The summed E-state index contributed by atoms with van der Waals surface area (Å²) in [6, 6.07) is 12.0. The van der Waals surface area contributed by atoms with Crippen LogP contribution in [0, 0.1) is 5.92 Å². The monoisotopic (exact) mass is 260 g/mol. The molecule has 1 fully saturated rings. The highest BCUT2D eigenvalue weighted by molar-refractivity contribution is 5.14. The Kier molecular flexibility index (Phi) is 5.41. The van der Waals surface area contributed by atoms with Gasteiger partial charge < -0.3 is 5.73 Å². The average Bonchev–Trinajstić information content (AvgIpc) is 2.45. The first kappa shape index (κ1) is 14.5. The Morgan fingerprint density at radius 2 is 2.00 bits per heavy atom. The molecule has 3 unspecified atom stereocenters. The van der Waals surface area contributed by atoms with E-state index in [-0.39, 0.29) is 0 Å². The van der Waals surface area contributed by atoms with Gasteiger partial charge in [0.05, 0.1) is 0 Å². The Balaban J connectivity index is 1.92. The Morgan fingerprint density at radius 3 is 2.68 bits per heavy atom. The minimum atomic E-state index is 0.540. The highest BCUT2D eigenvalue weighted by atomic mass is 15.2. The van der Waals surface area contributed by atoms with Crippen LogP contribution in [0.1, 0.15) is 38.7 Å². The van der Waals surface area contributed by atoms with Crippen LogP contribution in [0.3, 0.4) is 0 Å².